The fraction of sp³-hybridized carbons (Fsp3) is 0.348. The number of nitrogens with one attached hydrogen (secondary N) is 1. The summed E-state index contributed by atoms with van der Waals surface area (Å²) in [6, 6.07) is 14.5. The molecule has 0 radical (unpaired) electrons. The molecule has 0 spiro atoms. The zero-order valence-corrected chi connectivity index (χ0v) is 18.3. The molecule has 31 heavy (non-hydrogen) atoms. The van der Waals surface area contributed by atoms with Crippen LogP contribution in [-0.4, -0.2) is 27.4 Å². The molecule has 3 aromatic rings. The number of amides is 2. The number of aryl methyl sites for hydroxylation is 1. The summed E-state index contributed by atoms with van der Waals surface area (Å²) in [6.07, 6.45) is 4.13. The Balaban J connectivity index is 1.69. The molecule has 0 bridgehead atoms. The Labute approximate surface area is 187 Å². The van der Waals surface area contributed by atoms with E-state index in [1.54, 1.807) is 29.2 Å². The number of carbonyl (C=O) groups excluding carboxylic acids is 1. The minimum Gasteiger partial charge on any atom is -0.494 e. The van der Waals surface area contributed by atoms with Gasteiger partial charge in [0.1, 0.15) is 11.6 Å². The second-order valence-electron chi connectivity index (χ2n) is 7.45. The first-order valence-corrected chi connectivity index (χ1v) is 11.0. The molecule has 0 saturated heterocycles. The smallest absolute Gasteiger partial charge is 0.329 e. The number of halogens is 1. The van der Waals surface area contributed by atoms with Crippen LogP contribution in [0.25, 0.3) is 0 Å². The van der Waals surface area contributed by atoms with Crippen LogP contribution in [-0.2, 0) is 19.5 Å². The van der Waals surface area contributed by atoms with Gasteiger partial charge in [0.15, 0.2) is 0 Å². The van der Waals surface area contributed by atoms with Crippen LogP contribution >= 0.6 is 11.6 Å². The predicted octanol–water partition coefficient (Wildman–Crippen LogP) is 5.30. The summed E-state index contributed by atoms with van der Waals surface area (Å²) in [5.41, 5.74) is 1.52. The molecule has 1 aliphatic rings. The van der Waals surface area contributed by atoms with E-state index in [1.165, 1.54) is 0 Å². The van der Waals surface area contributed by atoms with E-state index in [4.69, 9.17) is 16.3 Å². The standard InChI is InChI=1S/C23H26ClN5O2/c1-2-31-20-12-6-5-9-17(20)16-29(23(30)25-19-11-8-10-18(24)15-19)22-27-26-21-13-4-3-7-14-28(21)22/h5-6,8-12,15H,2-4,7,13-14,16H2,1H3,(H,25,30). The number of carbonyl (C=O) groups is 1. The van der Waals surface area contributed by atoms with Gasteiger partial charge in [-0.15, -0.1) is 10.2 Å². The number of urea groups is 1. The number of aromatic nitrogens is 3. The molecule has 2 aromatic carbocycles. The number of ether oxygens (including phenoxy) is 1. The molecular weight excluding hydrogens is 414 g/mol. The number of benzene rings is 2. The molecule has 1 aromatic heterocycles. The van der Waals surface area contributed by atoms with Crippen LogP contribution in [0.15, 0.2) is 48.5 Å². The Morgan fingerprint density at radius 1 is 1.16 bits per heavy atom. The first-order valence-electron chi connectivity index (χ1n) is 10.6. The highest BCUT2D eigenvalue weighted by atomic mass is 35.5. The number of para-hydroxylation sites is 1. The lowest BCUT2D eigenvalue weighted by atomic mass is 10.2. The largest absolute Gasteiger partial charge is 0.494 e. The lowest BCUT2D eigenvalue weighted by molar-refractivity contribution is 0.256. The van der Waals surface area contributed by atoms with Crippen molar-refractivity contribution >= 4 is 29.3 Å². The van der Waals surface area contributed by atoms with Crippen molar-refractivity contribution in [1.82, 2.24) is 14.8 Å². The van der Waals surface area contributed by atoms with Crippen LogP contribution in [0.4, 0.5) is 16.4 Å². The fourth-order valence-corrected chi connectivity index (χ4v) is 3.95. The van der Waals surface area contributed by atoms with E-state index in [2.05, 4.69) is 20.1 Å². The van der Waals surface area contributed by atoms with Crippen LogP contribution < -0.4 is 15.0 Å². The van der Waals surface area contributed by atoms with Gasteiger partial charge in [-0.05, 0) is 44.0 Å². The first kappa shape index (κ1) is 21.2. The Kier molecular flexibility index (Phi) is 6.72. The second kappa shape index (κ2) is 9.83. The summed E-state index contributed by atoms with van der Waals surface area (Å²) < 4.78 is 7.85. The van der Waals surface area contributed by atoms with Gasteiger partial charge < -0.3 is 10.1 Å². The fourth-order valence-electron chi connectivity index (χ4n) is 3.76. The van der Waals surface area contributed by atoms with Crippen molar-refractivity contribution in [3.8, 4) is 5.75 Å². The predicted molar refractivity (Wildman–Crippen MR) is 122 cm³/mol. The zero-order chi connectivity index (χ0) is 21.6. The molecule has 4 rings (SSSR count). The molecule has 1 aliphatic heterocycles. The molecule has 0 aliphatic carbocycles. The monoisotopic (exact) mass is 439 g/mol. The molecule has 7 nitrogen and oxygen atoms in total. The van der Waals surface area contributed by atoms with Crippen LogP contribution in [0, 0.1) is 0 Å². The minimum atomic E-state index is -0.298. The molecule has 0 saturated carbocycles. The molecule has 8 heteroatoms. The summed E-state index contributed by atoms with van der Waals surface area (Å²) in [5, 5.41) is 12.3. The Morgan fingerprint density at radius 3 is 2.87 bits per heavy atom. The van der Waals surface area contributed by atoms with Gasteiger partial charge >= 0.3 is 6.03 Å². The number of rotatable bonds is 6. The normalized spacial score (nSPS) is 13.2. The maximum atomic E-state index is 13.4. The third-order valence-corrected chi connectivity index (χ3v) is 5.49. The van der Waals surface area contributed by atoms with E-state index in [9.17, 15) is 4.79 Å². The van der Waals surface area contributed by atoms with Crippen molar-refractivity contribution in [1.29, 1.82) is 0 Å². The highest BCUT2D eigenvalue weighted by molar-refractivity contribution is 6.30. The zero-order valence-electron chi connectivity index (χ0n) is 17.6. The molecule has 0 fully saturated rings. The summed E-state index contributed by atoms with van der Waals surface area (Å²) in [4.78, 5) is 15.0. The van der Waals surface area contributed by atoms with E-state index >= 15 is 0 Å². The molecule has 2 heterocycles. The van der Waals surface area contributed by atoms with E-state index < -0.39 is 0 Å². The summed E-state index contributed by atoms with van der Waals surface area (Å²) in [6.45, 7) is 3.59. The maximum Gasteiger partial charge on any atom is 0.329 e. The van der Waals surface area contributed by atoms with Crippen molar-refractivity contribution in [3.63, 3.8) is 0 Å². The van der Waals surface area contributed by atoms with Crippen molar-refractivity contribution in [2.75, 3.05) is 16.8 Å². The maximum absolute atomic E-state index is 13.4. The van der Waals surface area contributed by atoms with Gasteiger partial charge in [-0.2, -0.15) is 0 Å². The SMILES string of the molecule is CCOc1ccccc1CN(C(=O)Nc1cccc(Cl)c1)c1nnc2n1CCCCC2. The third kappa shape index (κ3) is 4.99. The van der Waals surface area contributed by atoms with Crippen LogP contribution in [0.2, 0.25) is 5.02 Å². The Morgan fingerprint density at radius 2 is 2.03 bits per heavy atom. The van der Waals surface area contributed by atoms with Crippen LogP contribution in [0.5, 0.6) is 5.75 Å². The molecule has 162 valence electrons. The Hall–Kier alpha value is -3.06. The number of nitrogens with zero attached hydrogens (tertiary/aromatic N) is 4. The van der Waals surface area contributed by atoms with E-state index in [-0.39, 0.29) is 6.03 Å². The van der Waals surface area contributed by atoms with E-state index in [0.29, 0.717) is 29.8 Å². The molecule has 2 amide bonds. The highest BCUT2D eigenvalue weighted by Crippen LogP contribution is 2.26. The van der Waals surface area contributed by atoms with Gasteiger partial charge in [-0.1, -0.05) is 42.3 Å². The first-order chi connectivity index (χ1) is 15.2. The number of hydrogen-bond acceptors (Lipinski definition) is 4. The van der Waals surface area contributed by atoms with Gasteiger partial charge in [-0.3, -0.25) is 9.47 Å². The van der Waals surface area contributed by atoms with E-state index in [0.717, 1.165) is 49.4 Å². The van der Waals surface area contributed by atoms with Gasteiger partial charge in [0, 0.05) is 29.2 Å². The number of anilines is 2. The lowest BCUT2D eigenvalue weighted by Gasteiger charge is -2.24. The van der Waals surface area contributed by atoms with Crippen LogP contribution in [0.1, 0.15) is 37.6 Å². The average molecular weight is 440 g/mol. The average Bonchev–Trinajstić information content (AvgIpc) is 3.00. The van der Waals surface area contributed by atoms with Crippen molar-refractivity contribution in [2.45, 2.75) is 45.7 Å². The van der Waals surface area contributed by atoms with Crippen molar-refractivity contribution in [2.24, 2.45) is 0 Å². The summed E-state index contributed by atoms with van der Waals surface area (Å²) in [5.74, 6) is 2.22. The Bertz CT molecular complexity index is 1050. The number of fused-ring (bicyclic) bond motifs is 1. The second-order valence-corrected chi connectivity index (χ2v) is 7.88. The van der Waals surface area contributed by atoms with E-state index in [1.807, 2.05) is 31.2 Å². The van der Waals surface area contributed by atoms with Gasteiger partial charge in [0.05, 0.1) is 13.2 Å². The van der Waals surface area contributed by atoms with Gasteiger partial charge in [0.2, 0.25) is 5.95 Å². The molecule has 0 atom stereocenters. The summed E-state index contributed by atoms with van der Waals surface area (Å²) in [7, 11) is 0. The van der Waals surface area contributed by atoms with Gasteiger partial charge in [0.25, 0.3) is 0 Å². The quantitative estimate of drug-likeness (QED) is 0.566. The van der Waals surface area contributed by atoms with Crippen LogP contribution in [0.3, 0.4) is 0 Å². The van der Waals surface area contributed by atoms with Gasteiger partial charge in [-0.25, -0.2) is 4.79 Å². The molecule has 1 N–H and O–H groups in total. The number of hydrogen-bond donors (Lipinski definition) is 1. The highest BCUT2D eigenvalue weighted by Gasteiger charge is 2.26. The third-order valence-electron chi connectivity index (χ3n) is 5.25. The van der Waals surface area contributed by atoms with Crippen molar-refractivity contribution < 1.29 is 9.53 Å². The van der Waals surface area contributed by atoms with Crippen molar-refractivity contribution in [3.05, 3.63) is 64.9 Å². The molecule has 0 unspecified atom stereocenters. The summed E-state index contributed by atoms with van der Waals surface area (Å²) >= 11 is 6.10. The topological polar surface area (TPSA) is 72.3 Å². The molecular formula is C23H26ClN5O2. The lowest BCUT2D eigenvalue weighted by Crippen LogP contribution is -2.36. The minimum absolute atomic E-state index is 0.298.